The summed E-state index contributed by atoms with van der Waals surface area (Å²) >= 11 is 0. The fraction of sp³-hybridized carbons (Fsp3) is 0.905. The smallest absolute Gasteiger partial charge is 0.320 e. The van der Waals surface area contributed by atoms with Crippen LogP contribution in [0.2, 0.25) is 0 Å². The number of ether oxygens (including phenoxy) is 1. The van der Waals surface area contributed by atoms with Gasteiger partial charge in [-0.05, 0) is 12.8 Å². The van der Waals surface area contributed by atoms with Gasteiger partial charge in [-0.1, -0.05) is 93.7 Å². The standard InChI is InChI=1S/C5H8F2O.C5H11F.CH2F2.CH3F.9CH4/c1-4(2)5(6,7)8-3;1-3-5(2)4-6;2-1-3;1-2;;;;;;;;;/h1H2,2-3H3;5H,3-4H2,1-2H3;1H2;1H3;9*1H4. The van der Waals surface area contributed by atoms with E-state index in [9.17, 15) is 26.3 Å². The summed E-state index contributed by atoms with van der Waals surface area (Å²) in [7, 11) is 1.44. The van der Waals surface area contributed by atoms with Gasteiger partial charge in [0.05, 0.1) is 13.9 Å². The topological polar surface area (TPSA) is 9.23 Å². The van der Waals surface area contributed by atoms with Crippen LogP contribution in [0, 0.1) is 5.92 Å². The summed E-state index contributed by atoms with van der Waals surface area (Å²) in [6.45, 7) is 6.21. The van der Waals surface area contributed by atoms with Gasteiger partial charge in [0, 0.05) is 12.7 Å². The second kappa shape index (κ2) is 71.9. The first kappa shape index (κ1) is 92.4. The normalized spacial score (nSPS) is 7.25. The van der Waals surface area contributed by atoms with E-state index in [1.165, 1.54) is 6.92 Å². The van der Waals surface area contributed by atoms with Crippen molar-refractivity contribution in [2.45, 2.75) is 100 Å². The van der Waals surface area contributed by atoms with Crippen molar-refractivity contribution < 1.29 is 31.1 Å². The quantitative estimate of drug-likeness (QED) is 0.311. The first-order chi connectivity index (χ1) is 8.73. The van der Waals surface area contributed by atoms with Crippen molar-refractivity contribution in [3.63, 3.8) is 0 Å². The molecule has 0 radical (unpaired) electrons. The summed E-state index contributed by atoms with van der Waals surface area (Å²) in [6, 6.07) is 0. The van der Waals surface area contributed by atoms with E-state index in [1.807, 2.05) is 13.8 Å². The van der Waals surface area contributed by atoms with Crippen LogP contribution in [-0.2, 0) is 4.74 Å². The molecule has 1 atom stereocenters. The Morgan fingerprint density at radius 3 is 1.07 bits per heavy atom. The van der Waals surface area contributed by atoms with Crippen molar-refractivity contribution in [3.8, 4) is 0 Å². The molecule has 192 valence electrons. The molecule has 0 heterocycles. The highest BCUT2D eigenvalue weighted by Gasteiger charge is 2.28. The van der Waals surface area contributed by atoms with Gasteiger partial charge in [-0.15, -0.1) is 0 Å². The third-order valence-corrected chi connectivity index (χ3v) is 1.71. The molecule has 7 heteroatoms. The molecule has 0 saturated carbocycles. The van der Waals surface area contributed by atoms with E-state index in [2.05, 4.69) is 11.3 Å². The lowest BCUT2D eigenvalue weighted by atomic mass is 10.1. The average Bonchev–Trinajstić information content (AvgIpc) is 2.41. The van der Waals surface area contributed by atoms with Crippen LogP contribution in [0.5, 0.6) is 0 Å². The first-order valence-electron chi connectivity index (χ1n) is 5.37. The van der Waals surface area contributed by atoms with Crippen LogP contribution in [0.3, 0.4) is 0 Å². The second-order valence-electron chi connectivity index (χ2n) is 3.27. The Hall–Kier alpha value is -0.720. The van der Waals surface area contributed by atoms with Crippen molar-refractivity contribution >= 4 is 0 Å². The molecule has 0 spiro atoms. The predicted molar refractivity (Wildman–Crippen MR) is 127 cm³/mol. The summed E-state index contributed by atoms with van der Waals surface area (Å²) in [4.78, 5) is 0. The van der Waals surface area contributed by atoms with Crippen LogP contribution in [0.25, 0.3) is 0 Å². The van der Waals surface area contributed by atoms with Gasteiger partial charge in [0.1, 0.15) is 0 Å². The highest BCUT2D eigenvalue weighted by atomic mass is 19.3. The van der Waals surface area contributed by atoms with Crippen LogP contribution in [0.1, 0.15) is 94.0 Å². The highest BCUT2D eigenvalue weighted by molar-refractivity contribution is 4.97. The van der Waals surface area contributed by atoms with Crippen LogP contribution in [0.4, 0.5) is 26.3 Å². The van der Waals surface area contributed by atoms with E-state index in [0.717, 1.165) is 13.5 Å². The van der Waals surface area contributed by atoms with E-state index in [4.69, 9.17) is 0 Å². The van der Waals surface area contributed by atoms with E-state index in [0.29, 0.717) is 7.18 Å². The van der Waals surface area contributed by atoms with E-state index in [-0.39, 0.29) is 85.0 Å². The summed E-state index contributed by atoms with van der Waals surface area (Å²) in [6.07, 6.45) is -2.20. The second-order valence-corrected chi connectivity index (χ2v) is 3.27. The minimum Gasteiger partial charge on any atom is -0.320 e. The van der Waals surface area contributed by atoms with Gasteiger partial charge in [-0.25, -0.2) is 8.78 Å². The molecule has 1 nitrogen and oxygen atoms in total. The van der Waals surface area contributed by atoms with Crippen LogP contribution < -0.4 is 0 Å². The lowest BCUT2D eigenvalue weighted by molar-refractivity contribution is -0.189. The zero-order valence-electron chi connectivity index (χ0n) is 12.1. The molecule has 0 saturated heterocycles. The molecular formula is C21H60F6O. The molecule has 0 aliphatic carbocycles. The summed E-state index contributed by atoms with van der Waals surface area (Å²) in [5, 5.41) is 0. The number of rotatable bonds is 4. The van der Waals surface area contributed by atoms with Gasteiger partial charge in [0.15, 0.2) is 0 Å². The number of hydrogen-bond acceptors (Lipinski definition) is 1. The third kappa shape index (κ3) is 98.8. The number of halogens is 6. The van der Waals surface area contributed by atoms with Crippen molar-refractivity contribution in [2.75, 3.05) is 27.9 Å². The van der Waals surface area contributed by atoms with Gasteiger partial charge in [0.2, 0.25) is 6.93 Å². The minimum atomic E-state index is -3.15. The van der Waals surface area contributed by atoms with Crippen LogP contribution in [-0.4, -0.2) is 34.0 Å². The molecule has 0 amide bonds. The molecule has 0 aliphatic heterocycles. The number of alkyl halides is 6. The molecule has 0 rings (SSSR count). The maximum Gasteiger partial charge on any atom is 0.378 e. The van der Waals surface area contributed by atoms with Gasteiger partial charge < -0.3 is 4.74 Å². The zero-order valence-corrected chi connectivity index (χ0v) is 12.1. The van der Waals surface area contributed by atoms with Crippen molar-refractivity contribution in [1.29, 1.82) is 0 Å². The Bertz CT molecular complexity index is 176. The Morgan fingerprint density at radius 2 is 1.07 bits per heavy atom. The molecule has 0 aliphatic rings. The van der Waals surface area contributed by atoms with Crippen molar-refractivity contribution in [3.05, 3.63) is 12.2 Å². The summed E-state index contributed by atoms with van der Waals surface area (Å²) < 4.78 is 67.8. The SMILES string of the molecule is C.C.C.C.C.C.C.C.C.C=C(C)C(F)(F)OC.CCC(C)CF.CF.FCF. The minimum absolute atomic E-state index is 0. The van der Waals surface area contributed by atoms with E-state index < -0.39 is 13.0 Å². The molecule has 0 aromatic carbocycles. The molecule has 0 aromatic heterocycles. The van der Waals surface area contributed by atoms with Gasteiger partial charge >= 0.3 is 6.11 Å². The van der Waals surface area contributed by atoms with E-state index in [1.54, 1.807) is 0 Å². The average molecular weight is 443 g/mol. The van der Waals surface area contributed by atoms with Gasteiger partial charge in [0.25, 0.3) is 0 Å². The summed E-state index contributed by atoms with van der Waals surface area (Å²) in [5.41, 5.74) is -0.278. The van der Waals surface area contributed by atoms with Gasteiger partial charge in [-0.3, -0.25) is 8.78 Å². The van der Waals surface area contributed by atoms with Crippen LogP contribution in [0.15, 0.2) is 12.2 Å². The van der Waals surface area contributed by atoms with E-state index >= 15 is 0 Å². The Balaban J connectivity index is -0.00000000949. The lowest BCUT2D eigenvalue weighted by Crippen LogP contribution is -2.18. The first-order valence-corrected chi connectivity index (χ1v) is 5.37. The molecular weight excluding hydrogens is 382 g/mol. The molecule has 0 N–H and O–H groups in total. The maximum absolute atomic E-state index is 12.0. The highest BCUT2D eigenvalue weighted by Crippen LogP contribution is 2.21. The van der Waals surface area contributed by atoms with Crippen molar-refractivity contribution in [2.24, 2.45) is 5.92 Å². The molecule has 0 fully saturated rings. The largest absolute Gasteiger partial charge is 0.378 e. The van der Waals surface area contributed by atoms with Gasteiger partial charge in [-0.2, -0.15) is 8.78 Å². The molecule has 28 heavy (non-hydrogen) atoms. The fourth-order valence-corrected chi connectivity index (χ4v) is 0.283. The monoisotopic (exact) mass is 442 g/mol. The lowest BCUT2D eigenvalue weighted by Gasteiger charge is -2.11. The Morgan fingerprint density at radius 1 is 0.857 bits per heavy atom. The Kier molecular flexibility index (Phi) is 237. The van der Waals surface area contributed by atoms with Crippen LogP contribution >= 0.6 is 0 Å². The van der Waals surface area contributed by atoms with Crippen molar-refractivity contribution in [1.82, 2.24) is 0 Å². The number of methoxy groups -OCH3 is 1. The molecule has 0 aromatic rings. The summed E-state index contributed by atoms with van der Waals surface area (Å²) in [5.74, 6) is 0.269. The Labute approximate surface area is 178 Å². The third-order valence-electron chi connectivity index (χ3n) is 1.71. The maximum atomic E-state index is 12.0. The molecule has 0 bridgehead atoms. The fourth-order valence-electron chi connectivity index (χ4n) is 0.283. The number of hydrogen-bond donors (Lipinski definition) is 0. The predicted octanol–water partition coefficient (Wildman–Crippen LogP) is 11.0. The zero-order chi connectivity index (χ0) is 16.5. The molecule has 1 unspecified atom stereocenters.